The molecule has 0 radical (unpaired) electrons. The van der Waals surface area contributed by atoms with E-state index in [0.717, 1.165) is 25.2 Å². The van der Waals surface area contributed by atoms with Crippen LogP contribution in [0.3, 0.4) is 0 Å². The normalized spacial score (nSPS) is 22.3. The molecule has 2 rings (SSSR count). The average molecular weight is 194 g/mol. The first kappa shape index (κ1) is 9.62. The molecule has 0 saturated carbocycles. The van der Waals surface area contributed by atoms with Gasteiger partial charge in [0.15, 0.2) is 0 Å². The second kappa shape index (κ2) is 4.07. The SMILES string of the molecule is Cc1ccc(C2CNCCN2)cc1F. The Hall–Kier alpha value is -0.930. The summed E-state index contributed by atoms with van der Waals surface area (Å²) in [5.74, 6) is -0.116. The van der Waals surface area contributed by atoms with Crippen molar-refractivity contribution in [3.63, 3.8) is 0 Å². The Morgan fingerprint density at radius 3 is 2.86 bits per heavy atom. The van der Waals surface area contributed by atoms with Gasteiger partial charge in [0.25, 0.3) is 0 Å². The molecule has 1 aromatic carbocycles. The van der Waals surface area contributed by atoms with Crippen LogP contribution in [0, 0.1) is 12.7 Å². The summed E-state index contributed by atoms with van der Waals surface area (Å²) in [6, 6.07) is 5.70. The van der Waals surface area contributed by atoms with E-state index in [9.17, 15) is 4.39 Å². The zero-order valence-electron chi connectivity index (χ0n) is 8.31. The zero-order chi connectivity index (χ0) is 9.97. The fourth-order valence-corrected chi connectivity index (χ4v) is 1.71. The van der Waals surface area contributed by atoms with E-state index in [2.05, 4.69) is 10.6 Å². The number of rotatable bonds is 1. The van der Waals surface area contributed by atoms with Crippen LogP contribution >= 0.6 is 0 Å². The lowest BCUT2D eigenvalue weighted by atomic mass is 10.0. The quantitative estimate of drug-likeness (QED) is 0.705. The number of halogens is 1. The molecule has 0 aromatic heterocycles. The monoisotopic (exact) mass is 194 g/mol. The molecule has 1 atom stereocenters. The summed E-state index contributed by atoms with van der Waals surface area (Å²) >= 11 is 0. The molecule has 3 heteroatoms. The first-order valence-electron chi connectivity index (χ1n) is 4.97. The van der Waals surface area contributed by atoms with Crippen molar-refractivity contribution in [3.8, 4) is 0 Å². The average Bonchev–Trinajstić information content (AvgIpc) is 2.23. The molecule has 0 spiro atoms. The summed E-state index contributed by atoms with van der Waals surface area (Å²) in [5, 5.41) is 6.64. The highest BCUT2D eigenvalue weighted by Gasteiger charge is 2.14. The van der Waals surface area contributed by atoms with Gasteiger partial charge in [-0.05, 0) is 24.1 Å². The number of hydrogen-bond donors (Lipinski definition) is 2. The first-order chi connectivity index (χ1) is 6.77. The van der Waals surface area contributed by atoms with Crippen molar-refractivity contribution in [2.45, 2.75) is 13.0 Å². The van der Waals surface area contributed by atoms with Crippen LogP contribution < -0.4 is 10.6 Å². The molecular weight excluding hydrogens is 179 g/mol. The molecule has 1 fully saturated rings. The number of benzene rings is 1. The largest absolute Gasteiger partial charge is 0.314 e. The first-order valence-corrected chi connectivity index (χ1v) is 4.97. The summed E-state index contributed by atoms with van der Waals surface area (Å²) in [5.41, 5.74) is 1.73. The lowest BCUT2D eigenvalue weighted by Gasteiger charge is -2.25. The van der Waals surface area contributed by atoms with Crippen molar-refractivity contribution < 1.29 is 4.39 Å². The van der Waals surface area contributed by atoms with Gasteiger partial charge in [0.1, 0.15) is 5.82 Å². The van der Waals surface area contributed by atoms with E-state index >= 15 is 0 Å². The number of nitrogens with one attached hydrogen (secondary N) is 2. The van der Waals surface area contributed by atoms with Gasteiger partial charge in [-0.15, -0.1) is 0 Å². The van der Waals surface area contributed by atoms with E-state index in [4.69, 9.17) is 0 Å². The van der Waals surface area contributed by atoms with Gasteiger partial charge in [-0.1, -0.05) is 12.1 Å². The summed E-state index contributed by atoms with van der Waals surface area (Å²) < 4.78 is 13.3. The van der Waals surface area contributed by atoms with Gasteiger partial charge >= 0.3 is 0 Å². The maximum Gasteiger partial charge on any atom is 0.126 e. The van der Waals surface area contributed by atoms with Crippen LogP contribution in [0.4, 0.5) is 4.39 Å². The van der Waals surface area contributed by atoms with Crippen LogP contribution in [0.2, 0.25) is 0 Å². The predicted molar refractivity (Wildman–Crippen MR) is 54.8 cm³/mol. The Labute approximate surface area is 83.5 Å². The van der Waals surface area contributed by atoms with E-state index in [0.29, 0.717) is 5.56 Å². The Kier molecular flexibility index (Phi) is 2.79. The molecule has 0 aliphatic carbocycles. The van der Waals surface area contributed by atoms with Crippen LogP contribution in [-0.4, -0.2) is 19.6 Å². The molecule has 1 aliphatic heterocycles. The van der Waals surface area contributed by atoms with Gasteiger partial charge in [-0.3, -0.25) is 0 Å². The molecule has 2 nitrogen and oxygen atoms in total. The van der Waals surface area contributed by atoms with Crippen molar-refractivity contribution >= 4 is 0 Å². The highest BCUT2D eigenvalue weighted by molar-refractivity contribution is 5.26. The van der Waals surface area contributed by atoms with Gasteiger partial charge in [0.05, 0.1) is 0 Å². The number of aryl methyl sites for hydroxylation is 1. The van der Waals surface area contributed by atoms with Gasteiger partial charge in [-0.2, -0.15) is 0 Å². The summed E-state index contributed by atoms with van der Waals surface area (Å²) in [7, 11) is 0. The van der Waals surface area contributed by atoms with Crippen molar-refractivity contribution in [3.05, 3.63) is 35.1 Å². The van der Waals surface area contributed by atoms with E-state index in [-0.39, 0.29) is 11.9 Å². The fourth-order valence-electron chi connectivity index (χ4n) is 1.71. The molecule has 1 unspecified atom stereocenters. The third-order valence-electron chi connectivity index (χ3n) is 2.64. The number of piperazine rings is 1. The Balaban J connectivity index is 2.18. The summed E-state index contributed by atoms with van der Waals surface area (Å²) in [4.78, 5) is 0. The Bertz CT molecular complexity index is 319. The van der Waals surface area contributed by atoms with E-state index in [1.54, 1.807) is 13.0 Å². The molecule has 1 aliphatic rings. The minimum absolute atomic E-state index is 0.116. The van der Waals surface area contributed by atoms with Gasteiger partial charge in [0, 0.05) is 25.7 Å². The maximum absolute atomic E-state index is 13.3. The third-order valence-corrected chi connectivity index (χ3v) is 2.64. The standard InChI is InChI=1S/C11H15FN2/c1-8-2-3-9(6-10(8)12)11-7-13-4-5-14-11/h2-3,6,11,13-14H,4-5,7H2,1H3. The number of hydrogen-bond acceptors (Lipinski definition) is 2. The molecule has 1 heterocycles. The van der Waals surface area contributed by atoms with E-state index in [1.807, 2.05) is 12.1 Å². The smallest absolute Gasteiger partial charge is 0.126 e. The lowest BCUT2D eigenvalue weighted by Crippen LogP contribution is -2.42. The topological polar surface area (TPSA) is 24.1 Å². The molecule has 0 bridgehead atoms. The highest BCUT2D eigenvalue weighted by Crippen LogP contribution is 2.16. The van der Waals surface area contributed by atoms with Crippen LogP contribution in [0.25, 0.3) is 0 Å². The minimum atomic E-state index is -0.116. The summed E-state index contributed by atoms with van der Waals surface area (Å²) in [6.07, 6.45) is 0. The van der Waals surface area contributed by atoms with Gasteiger partial charge in [-0.25, -0.2) is 4.39 Å². The van der Waals surface area contributed by atoms with E-state index in [1.165, 1.54) is 0 Å². The molecule has 1 aromatic rings. The lowest BCUT2D eigenvalue weighted by molar-refractivity contribution is 0.428. The molecule has 14 heavy (non-hydrogen) atoms. The highest BCUT2D eigenvalue weighted by atomic mass is 19.1. The van der Waals surface area contributed by atoms with Crippen LogP contribution in [-0.2, 0) is 0 Å². The Morgan fingerprint density at radius 1 is 1.36 bits per heavy atom. The fraction of sp³-hybridized carbons (Fsp3) is 0.455. The maximum atomic E-state index is 13.3. The second-order valence-electron chi connectivity index (χ2n) is 3.72. The van der Waals surface area contributed by atoms with E-state index < -0.39 is 0 Å². The predicted octanol–water partition coefficient (Wildman–Crippen LogP) is 1.37. The van der Waals surface area contributed by atoms with Crippen molar-refractivity contribution in [2.75, 3.05) is 19.6 Å². The van der Waals surface area contributed by atoms with Crippen molar-refractivity contribution in [2.24, 2.45) is 0 Å². The second-order valence-corrected chi connectivity index (χ2v) is 3.72. The van der Waals surface area contributed by atoms with Crippen LogP contribution in [0.15, 0.2) is 18.2 Å². The van der Waals surface area contributed by atoms with Crippen molar-refractivity contribution in [1.82, 2.24) is 10.6 Å². The van der Waals surface area contributed by atoms with Crippen LogP contribution in [0.5, 0.6) is 0 Å². The van der Waals surface area contributed by atoms with Crippen molar-refractivity contribution in [1.29, 1.82) is 0 Å². The van der Waals surface area contributed by atoms with Gasteiger partial charge in [0.2, 0.25) is 0 Å². The summed E-state index contributed by atoms with van der Waals surface area (Å²) in [6.45, 7) is 4.60. The zero-order valence-corrected chi connectivity index (χ0v) is 8.31. The molecule has 1 saturated heterocycles. The Morgan fingerprint density at radius 2 is 2.21 bits per heavy atom. The molecular formula is C11H15FN2. The van der Waals surface area contributed by atoms with Crippen LogP contribution in [0.1, 0.15) is 17.2 Å². The molecule has 0 amide bonds. The third kappa shape index (κ3) is 1.94. The molecule has 2 N–H and O–H groups in total. The minimum Gasteiger partial charge on any atom is -0.314 e. The van der Waals surface area contributed by atoms with Gasteiger partial charge < -0.3 is 10.6 Å². The molecule has 76 valence electrons.